The minimum absolute atomic E-state index is 0.0976. The zero-order valence-electron chi connectivity index (χ0n) is 13.4. The first-order valence-electron chi connectivity index (χ1n) is 7.74. The standard InChI is InChI=1S/C19H14N4O2/c1-12-20-23-19(25-12)14-6-9-15(10-7-14)21-22-18-16-5-3-2-4-13(16)8-11-17(18)24/h2-11,24H,1H3. The molecular formula is C19H14N4O2. The normalized spacial score (nSPS) is 11.4. The molecule has 0 aliphatic heterocycles. The van der Waals surface area contributed by atoms with Crippen molar-refractivity contribution in [2.75, 3.05) is 0 Å². The van der Waals surface area contributed by atoms with Crippen LogP contribution in [-0.4, -0.2) is 15.3 Å². The molecule has 0 amide bonds. The molecule has 1 heterocycles. The third kappa shape index (κ3) is 2.97. The number of fused-ring (bicyclic) bond motifs is 1. The molecule has 3 aromatic carbocycles. The number of phenolic OH excluding ortho intramolecular Hbond substituents is 1. The monoisotopic (exact) mass is 330 g/mol. The third-order valence-corrected chi connectivity index (χ3v) is 3.79. The molecule has 0 bridgehead atoms. The Balaban J connectivity index is 1.65. The summed E-state index contributed by atoms with van der Waals surface area (Å²) in [4.78, 5) is 0. The molecule has 1 aromatic heterocycles. The Morgan fingerprint density at radius 2 is 1.68 bits per heavy atom. The molecule has 6 nitrogen and oxygen atoms in total. The highest BCUT2D eigenvalue weighted by molar-refractivity contribution is 5.95. The zero-order valence-corrected chi connectivity index (χ0v) is 13.4. The van der Waals surface area contributed by atoms with Crippen molar-refractivity contribution in [1.82, 2.24) is 10.2 Å². The quantitative estimate of drug-likeness (QED) is 0.515. The van der Waals surface area contributed by atoms with Crippen LogP contribution in [0.4, 0.5) is 11.4 Å². The van der Waals surface area contributed by atoms with E-state index in [2.05, 4.69) is 20.4 Å². The van der Waals surface area contributed by atoms with Gasteiger partial charge in [0.2, 0.25) is 11.8 Å². The van der Waals surface area contributed by atoms with Crippen LogP contribution in [0.3, 0.4) is 0 Å². The van der Waals surface area contributed by atoms with Crippen LogP contribution in [0.5, 0.6) is 5.75 Å². The second kappa shape index (κ2) is 6.16. The number of nitrogens with zero attached hydrogens (tertiary/aromatic N) is 4. The van der Waals surface area contributed by atoms with Crippen LogP contribution < -0.4 is 0 Å². The molecule has 0 saturated heterocycles. The third-order valence-electron chi connectivity index (χ3n) is 3.79. The number of aryl methyl sites for hydroxylation is 1. The summed E-state index contributed by atoms with van der Waals surface area (Å²) in [5.74, 6) is 1.08. The Kier molecular flexibility index (Phi) is 3.70. The second-order valence-electron chi connectivity index (χ2n) is 5.53. The van der Waals surface area contributed by atoms with Crippen molar-refractivity contribution in [3.8, 4) is 17.2 Å². The number of aromatic hydroxyl groups is 1. The molecular weight excluding hydrogens is 316 g/mol. The van der Waals surface area contributed by atoms with Crippen molar-refractivity contribution in [3.05, 3.63) is 66.6 Å². The fourth-order valence-corrected chi connectivity index (χ4v) is 2.54. The van der Waals surface area contributed by atoms with E-state index in [1.54, 1.807) is 25.1 Å². The Hall–Kier alpha value is -3.54. The number of aromatic nitrogens is 2. The van der Waals surface area contributed by atoms with E-state index < -0.39 is 0 Å². The summed E-state index contributed by atoms with van der Waals surface area (Å²) in [7, 11) is 0. The highest BCUT2D eigenvalue weighted by Crippen LogP contribution is 2.36. The van der Waals surface area contributed by atoms with Crippen molar-refractivity contribution >= 4 is 22.1 Å². The van der Waals surface area contributed by atoms with Gasteiger partial charge in [-0.3, -0.25) is 0 Å². The summed E-state index contributed by atoms with van der Waals surface area (Å²) in [5.41, 5.74) is 1.93. The maximum atomic E-state index is 10.1. The summed E-state index contributed by atoms with van der Waals surface area (Å²) in [6.07, 6.45) is 0. The summed E-state index contributed by atoms with van der Waals surface area (Å²) in [5, 5.41) is 28.2. The summed E-state index contributed by atoms with van der Waals surface area (Å²) >= 11 is 0. The predicted octanol–water partition coefficient (Wildman–Crippen LogP) is 5.32. The molecule has 0 radical (unpaired) electrons. The Morgan fingerprint density at radius 3 is 2.44 bits per heavy atom. The van der Waals surface area contributed by atoms with Crippen molar-refractivity contribution in [1.29, 1.82) is 0 Å². The van der Waals surface area contributed by atoms with E-state index in [1.165, 1.54) is 0 Å². The van der Waals surface area contributed by atoms with Gasteiger partial charge in [0, 0.05) is 17.9 Å². The van der Waals surface area contributed by atoms with Crippen LogP contribution in [-0.2, 0) is 0 Å². The zero-order chi connectivity index (χ0) is 17.2. The number of rotatable bonds is 3. The predicted molar refractivity (Wildman–Crippen MR) is 94.3 cm³/mol. The number of hydrogen-bond donors (Lipinski definition) is 1. The Bertz CT molecular complexity index is 1070. The maximum Gasteiger partial charge on any atom is 0.247 e. The van der Waals surface area contributed by atoms with Gasteiger partial charge in [0.25, 0.3) is 0 Å². The molecule has 122 valence electrons. The van der Waals surface area contributed by atoms with Gasteiger partial charge in [-0.05, 0) is 35.7 Å². The van der Waals surface area contributed by atoms with E-state index in [9.17, 15) is 5.11 Å². The van der Waals surface area contributed by atoms with Gasteiger partial charge in [-0.1, -0.05) is 30.3 Å². The molecule has 1 N–H and O–H groups in total. The first kappa shape index (κ1) is 15.0. The minimum atomic E-state index is 0.0976. The first-order chi connectivity index (χ1) is 12.2. The van der Waals surface area contributed by atoms with Crippen LogP contribution in [0, 0.1) is 6.92 Å². The summed E-state index contributed by atoms with van der Waals surface area (Å²) in [6.45, 7) is 1.75. The molecule has 0 saturated carbocycles. The fourth-order valence-electron chi connectivity index (χ4n) is 2.54. The SMILES string of the molecule is Cc1nnc(-c2ccc(N=Nc3c(O)ccc4ccccc34)cc2)o1. The molecule has 6 heteroatoms. The lowest BCUT2D eigenvalue weighted by molar-refractivity contribution is 0.477. The lowest BCUT2D eigenvalue weighted by Gasteiger charge is -2.03. The van der Waals surface area contributed by atoms with Crippen molar-refractivity contribution in [2.45, 2.75) is 6.92 Å². The molecule has 0 spiro atoms. The smallest absolute Gasteiger partial charge is 0.247 e. The maximum absolute atomic E-state index is 10.1. The van der Waals surface area contributed by atoms with Gasteiger partial charge in [0.05, 0.1) is 5.69 Å². The van der Waals surface area contributed by atoms with Crippen LogP contribution in [0.15, 0.2) is 75.3 Å². The Labute approximate surface area is 143 Å². The molecule has 0 aliphatic rings. The van der Waals surface area contributed by atoms with Gasteiger partial charge >= 0.3 is 0 Å². The average molecular weight is 330 g/mol. The average Bonchev–Trinajstić information content (AvgIpc) is 3.08. The van der Waals surface area contributed by atoms with Crippen LogP contribution >= 0.6 is 0 Å². The van der Waals surface area contributed by atoms with Gasteiger partial charge in [-0.15, -0.1) is 15.3 Å². The first-order valence-corrected chi connectivity index (χ1v) is 7.74. The van der Waals surface area contributed by atoms with E-state index in [0.717, 1.165) is 16.3 Å². The Morgan fingerprint density at radius 1 is 0.880 bits per heavy atom. The van der Waals surface area contributed by atoms with Gasteiger partial charge in [0.15, 0.2) is 0 Å². The van der Waals surface area contributed by atoms with Crippen LogP contribution in [0.25, 0.3) is 22.2 Å². The fraction of sp³-hybridized carbons (Fsp3) is 0.0526. The van der Waals surface area contributed by atoms with Crippen molar-refractivity contribution in [2.24, 2.45) is 10.2 Å². The number of phenols is 1. The summed E-state index contributed by atoms with van der Waals surface area (Å²) in [6, 6.07) is 18.5. The highest BCUT2D eigenvalue weighted by Gasteiger charge is 2.07. The lowest BCUT2D eigenvalue weighted by atomic mass is 10.1. The van der Waals surface area contributed by atoms with Gasteiger partial charge < -0.3 is 9.52 Å². The minimum Gasteiger partial charge on any atom is -0.506 e. The van der Waals surface area contributed by atoms with Crippen molar-refractivity contribution < 1.29 is 9.52 Å². The number of benzene rings is 3. The second-order valence-corrected chi connectivity index (χ2v) is 5.53. The van der Waals surface area contributed by atoms with E-state index in [4.69, 9.17) is 4.42 Å². The largest absolute Gasteiger partial charge is 0.506 e. The van der Waals surface area contributed by atoms with E-state index in [0.29, 0.717) is 23.2 Å². The van der Waals surface area contributed by atoms with E-state index in [1.807, 2.05) is 42.5 Å². The molecule has 0 fully saturated rings. The number of hydrogen-bond acceptors (Lipinski definition) is 6. The van der Waals surface area contributed by atoms with Gasteiger partial charge in [-0.25, -0.2) is 0 Å². The summed E-state index contributed by atoms with van der Waals surface area (Å²) < 4.78 is 5.39. The highest BCUT2D eigenvalue weighted by atomic mass is 16.4. The number of azo groups is 1. The lowest BCUT2D eigenvalue weighted by Crippen LogP contribution is -1.77. The molecule has 4 aromatic rings. The van der Waals surface area contributed by atoms with Crippen molar-refractivity contribution in [3.63, 3.8) is 0 Å². The topological polar surface area (TPSA) is 83.9 Å². The molecule has 0 atom stereocenters. The molecule has 0 unspecified atom stereocenters. The van der Waals surface area contributed by atoms with Gasteiger partial charge in [0.1, 0.15) is 11.4 Å². The molecule has 25 heavy (non-hydrogen) atoms. The molecule has 0 aliphatic carbocycles. The van der Waals surface area contributed by atoms with Gasteiger partial charge in [-0.2, -0.15) is 5.11 Å². The van der Waals surface area contributed by atoms with Crippen LogP contribution in [0.1, 0.15) is 5.89 Å². The van der Waals surface area contributed by atoms with Crippen LogP contribution in [0.2, 0.25) is 0 Å². The molecule has 4 rings (SSSR count). The van der Waals surface area contributed by atoms with E-state index in [-0.39, 0.29) is 5.75 Å². The van der Waals surface area contributed by atoms with E-state index >= 15 is 0 Å².